The van der Waals surface area contributed by atoms with Gasteiger partial charge < -0.3 is 4.74 Å². The van der Waals surface area contributed by atoms with Gasteiger partial charge in [-0.25, -0.2) is 0 Å². The molecule has 0 heterocycles. The summed E-state index contributed by atoms with van der Waals surface area (Å²) < 4.78 is 5.52. The Balaban J connectivity index is 3.94. The largest absolute Gasteiger partial charge is 0.466 e. The average molecular weight is 411 g/mol. The van der Waals surface area contributed by atoms with Crippen LogP contribution in [0.5, 0.6) is 0 Å². The predicted octanol–water partition coefficient (Wildman–Crippen LogP) is 9.40. The van der Waals surface area contributed by atoms with Crippen LogP contribution in [0.3, 0.4) is 0 Å². The zero-order valence-electron chi connectivity index (χ0n) is 20.5. The van der Waals surface area contributed by atoms with E-state index in [1.165, 1.54) is 103 Å². The van der Waals surface area contributed by atoms with Gasteiger partial charge >= 0.3 is 5.97 Å². The smallest absolute Gasteiger partial charge is 0.305 e. The van der Waals surface area contributed by atoms with Crippen LogP contribution < -0.4 is 0 Å². The van der Waals surface area contributed by atoms with Crippen molar-refractivity contribution in [3.05, 3.63) is 0 Å². The van der Waals surface area contributed by atoms with Gasteiger partial charge in [0.2, 0.25) is 0 Å². The molecule has 0 aromatic rings. The van der Waals surface area contributed by atoms with E-state index in [-0.39, 0.29) is 5.97 Å². The lowest BCUT2D eigenvalue weighted by Crippen LogP contribution is -2.10. The van der Waals surface area contributed by atoms with Crippen molar-refractivity contribution < 1.29 is 9.53 Å². The lowest BCUT2D eigenvalue weighted by molar-refractivity contribution is -0.144. The van der Waals surface area contributed by atoms with E-state index in [0.717, 1.165) is 31.6 Å². The molecule has 0 saturated heterocycles. The minimum atomic E-state index is 0.0174. The lowest BCUT2D eigenvalue weighted by atomic mass is 9.91. The van der Waals surface area contributed by atoms with Crippen LogP contribution in [0.25, 0.3) is 0 Å². The van der Waals surface area contributed by atoms with Crippen molar-refractivity contribution >= 4 is 5.97 Å². The lowest BCUT2D eigenvalue weighted by Gasteiger charge is -2.17. The van der Waals surface area contributed by atoms with E-state index in [4.69, 9.17) is 4.74 Å². The quantitative estimate of drug-likeness (QED) is 0.124. The fourth-order valence-electron chi connectivity index (χ4n) is 4.14. The third-order valence-electron chi connectivity index (χ3n) is 6.21. The van der Waals surface area contributed by atoms with Gasteiger partial charge in [0.15, 0.2) is 0 Å². The Hall–Kier alpha value is -0.530. The minimum Gasteiger partial charge on any atom is -0.466 e. The summed E-state index contributed by atoms with van der Waals surface area (Å²) in [5.41, 5.74) is 0. The van der Waals surface area contributed by atoms with Gasteiger partial charge in [0.05, 0.1) is 6.61 Å². The van der Waals surface area contributed by atoms with Crippen LogP contribution in [0, 0.1) is 5.92 Å². The first-order valence-electron chi connectivity index (χ1n) is 13.4. The summed E-state index contributed by atoms with van der Waals surface area (Å²) in [5.74, 6) is 0.772. The number of hydrogen-bond donors (Lipinski definition) is 0. The van der Waals surface area contributed by atoms with E-state index in [9.17, 15) is 4.79 Å². The molecule has 174 valence electrons. The van der Waals surface area contributed by atoms with Gasteiger partial charge in [-0.1, -0.05) is 136 Å². The molecule has 0 fully saturated rings. The molecule has 0 N–H and O–H groups in total. The molecule has 0 bridgehead atoms. The second-order valence-corrected chi connectivity index (χ2v) is 9.15. The topological polar surface area (TPSA) is 26.3 Å². The third-order valence-corrected chi connectivity index (χ3v) is 6.21. The molecule has 0 aromatic carbocycles. The summed E-state index contributed by atoms with van der Waals surface area (Å²) in [6, 6.07) is 0. The molecule has 0 saturated carbocycles. The van der Waals surface area contributed by atoms with Gasteiger partial charge in [-0.2, -0.15) is 0 Å². The molecule has 0 radical (unpaired) electrons. The molecule has 0 aliphatic heterocycles. The van der Waals surface area contributed by atoms with Crippen molar-refractivity contribution in [1.29, 1.82) is 0 Å². The highest BCUT2D eigenvalue weighted by molar-refractivity contribution is 5.69. The standard InChI is InChI=1S/C27H54O2/c1-4-7-10-12-14-15-17-20-22-26(21-19-16-13-11-8-5-2)24-25-29-27(28)23-18-9-6-3/h26H,4-25H2,1-3H3/t26-/m0/s1. The summed E-state index contributed by atoms with van der Waals surface area (Å²) in [4.78, 5) is 11.8. The Kier molecular flexibility index (Phi) is 23.3. The van der Waals surface area contributed by atoms with Crippen molar-refractivity contribution in [3.8, 4) is 0 Å². The predicted molar refractivity (Wildman–Crippen MR) is 128 cm³/mol. The Morgan fingerprint density at radius 3 is 1.45 bits per heavy atom. The Morgan fingerprint density at radius 1 is 0.552 bits per heavy atom. The first kappa shape index (κ1) is 28.5. The van der Waals surface area contributed by atoms with E-state index in [1.807, 2.05) is 0 Å². The zero-order chi connectivity index (χ0) is 21.4. The minimum absolute atomic E-state index is 0.0174. The molecule has 1 atom stereocenters. The molecule has 29 heavy (non-hydrogen) atoms. The van der Waals surface area contributed by atoms with E-state index in [0.29, 0.717) is 13.0 Å². The van der Waals surface area contributed by atoms with Gasteiger partial charge in [-0.3, -0.25) is 4.79 Å². The van der Waals surface area contributed by atoms with Crippen LogP contribution >= 0.6 is 0 Å². The van der Waals surface area contributed by atoms with Crippen LogP contribution in [0.15, 0.2) is 0 Å². The Bertz CT molecular complexity index is 326. The highest BCUT2D eigenvalue weighted by Gasteiger charge is 2.11. The molecule has 0 unspecified atom stereocenters. The molecule has 0 aliphatic rings. The number of rotatable bonds is 23. The summed E-state index contributed by atoms with van der Waals surface area (Å²) >= 11 is 0. The normalized spacial score (nSPS) is 12.2. The number of unbranched alkanes of at least 4 members (excludes halogenated alkanes) is 14. The number of ether oxygens (including phenoxy) is 1. The monoisotopic (exact) mass is 410 g/mol. The van der Waals surface area contributed by atoms with E-state index in [1.54, 1.807) is 0 Å². The molecule has 2 nitrogen and oxygen atoms in total. The van der Waals surface area contributed by atoms with E-state index < -0.39 is 0 Å². The van der Waals surface area contributed by atoms with Gasteiger partial charge in [0.1, 0.15) is 0 Å². The first-order valence-corrected chi connectivity index (χ1v) is 13.4. The Morgan fingerprint density at radius 2 is 0.966 bits per heavy atom. The second-order valence-electron chi connectivity index (χ2n) is 9.15. The molecule has 2 heteroatoms. The molecule has 0 spiro atoms. The first-order chi connectivity index (χ1) is 14.2. The molecule has 0 rings (SSSR count). The van der Waals surface area contributed by atoms with Crippen LogP contribution in [0.2, 0.25) is 0 Å². The Labute approximate surface area is 184 Å². The van der Waals surface area contributed by atoms with Gasteiger partial charge in [-0.05, 0) is 18.8 Å². The van der Waals surface area contributed by atoms with Crippen molar-refractivity contribution in [3.63, 3.8) is 0 Å². The fourth-order valence-corrected chi connectivity index (χ4v) is 4.14. The summed E-state index contributed by atoms with van der Waals surface area (Å²) in [5, 5.41) is 0. The summed E-state index contributed by atoms with van der Waals surface area (Å²) in [6.45, 7) is 7.38. The molecule has 0 aliphatic carbocycles. The van der Waals surface area contributed by atoms with E-state index in [2.05, 4.69) is 20.8 Å². The van der Waals surface area contributed by atoms with Crippen molar-refractivity contribution in [1.82, 2.24) is 0 Å². The maximum Gasteiger partial charge on any atom is 0.305 e. The summed E-state index contributed by atoms with van der Waals surface area (Å²) in [6.07, 6.45) is 27.0. The number of carbonyl (C=O) groups is 1. The maximum atomic E-state index is 11.8. The molecular formula is C27H54O2. The molecule has 0 aromatic heterocycles. The van der Waals surface area contributed by atoms with Crippen molar-refractivity contribution in [2.24, 2.45) is 5.92 Å². The number of hydrogen-bond acceptors (Lipinski definition) is 2. The van der Waals surface area contributed by atoms with E-state index >= 15 is 0 Å². The highest BCUT2D eigenvalue weighted by Crippen LogP contribution is 2.22. The van der Waals surface area contributed by atoms with Gasteiger partial charge in [0, 0.05) is 6.42 Å². The van der Waals surface area contributed by atoms with Crippen LogP contribution in [-0.4, -0.2) is 12.6 Å². The van der Waals surface area contributed by atoms with Crippen molar-refractivity contribution in [2.45, 2.75) is 156 Å². The van der Waals surface area contributed by atoms with Gasteiger partial charge in [0.25, 0.3) is 0 Å². The van der Waals surface area contributed by atoms with Crippen molar-refractivity contribution in [2.75, 3.05) is 6.61 Å². The fraction of sp³-hybridized carbons (Fsp3) is 0.963. The second kappa shape index (κ2) is 23.7. The maximum absolute atomic E-state index is 11.8. The summed E-state index contributed by atoms with van der Waals surface area (Å²) in [7, 11) is 0. The average Bonchev–Trinajstić information content (AvgIpc) is 2.72. The number of carbonyl (C=O) groups excluding carboxylic acids is 1. The molecule has 0 amide bonds. The number of esters is 1. The SMILES string of the molecule is CCCCCCCCCC[C@H](CCCCCCCC)CCOC(=O)CCCCC. The van der Waals surface area contributed by atoms with Crippen LogP contribution in [-0.2, 0) is 9.53 Å². The van der Waals surface area contributed by atoms with Crippen LogP contribution in [0.4, 0.5) is 0 Å². The third kappa shape index (κ3) is 22.0. The molecular weight excluding hydrogens is 356 g/mol. The zero-order valence-corrected chi connectivity index (χ0v) is 20.5. The highest BCUT2D eigenvalue weighted by atomic mass is 16.5. The van der Waals surface area contributed by atoms with Crippen LogP contribution in [0.1, 0.15) is 156 Å². The van der Waals surface area contributed by atoms with Gasteiger partial charge in [-0.15, -0.1) is 0 Å².